The molecular formula is C12H17NS. The summed E-state index contributed by atoms with van der Waals surface area (Å²) >= 11 is 1.82. The maximum atomic E-state index is 5.82. The number of nitrogens with two attached hydrogens (primary N) is 1. The van der Waals surface area contributed by atoms with Crippen molar-refractivity contribution in [2.75, 3.05) is 12.8 Å². The van der Waals surface area contributed by atoms with Gasteiger partial charge in [0, 0.05) is 16.9 Å². The summed E-state index contributed by atoms with van der Waals surface area (Å²) < 4.78 is 0. The van der Waals surface area contributed by atoms with Gasteiger partial charge in [0.15, 0.2) is 0 Å². The standard InChI is InChI=1S/C12H17NS/c1-9-3-4-10(7-11(9)14-2)12(8-13)5-6-12/h3-4,7H,5-6,8,13H2,1-2H3. The maximum Gasteiger partial charge on any atom is 0.0101 e. The first-order valence-corrected chi connectivity index (χ1v) is 6.29. The zero-order valence-corrected chi connectivity index (χ0v) is 9.66. The molecule has 0 radical (unpaired) electrons. The molecule has 0 amide bonds. The molecule has 0 spiro atoms. The van der Waals surface area contributed by atoms with Crippen molar-refractivity contribution >= 4 is 11.8 Å². The van der Waals surface area contributed by atoms with E-state index in [0.29, 0.717) is 5.41 Å². The zero-order chi connectivity index (χ0) is 10.2. The van der Waals surface area contributed by atoms with Crippen molar-refractivity contribution in [3.63, 3.8) is 0 Å². The van der Waals surface area contributed by atoms with E-state index in [-0.39, 0.29) is 0 Å². The molecule has 0 heterocycles. The minimum absolute atomic E-state index is 0.332. The van der Waals surface area contributed by atoms with Gasteiger partial charge < -0.3 is 5.73 Å². The van der Waals surface area contributed by atoms with E-state index in [1.54, 1.807) is 0 Å². The van der Waals surface area contributed by atoms with Crippen LogP contribution in [0.5, 0.6) is 0 Å². The first kappa shape index (κ1) is 10.1. The first-order chi connectivity index (χ1) is 6.72. The van der Waals surface area contributed by atoms with Crippen molar-refractivity contribution < 1.29 is 0 Å². The highest BCUT2D eigenvalue weighted by Gasteiger charge is 2.42. The summed E-state index contributed by atoms with van der Waals surface area (Å²) in [4.78, 5) is 1.39. The van der Waals surface area contributed by atoms with Crippen LogP contribution >= 0.6 is 11.8 Å². The highest BCUT2D eigenvalue weighted by Crippen LogP contribution is 2.47. The largest absolute Gasteiger partial charge is 0.330 e. The van der Waals surface area contributed by atoms with Gasteiger partial charge in [0.1, 0.15) is 0 Å². The summed E-state index contributed by atoms with van der Waals surface area (Å²) in [7, 11) is 0. The van der Waals surface area contributed by atoms with E-state index < -0.39 is 0 Å². The van der Waals surface area contributed by atoms with Crippen molar-refractivity contribution in [2.24, 2.45) is 5.73 Å². The fourth-order valence-corrected chi connectivity index (χ4v) is 2.55. The van der Waals surface area contributed by atoms with Gasteiger partial charge in [0.2, 0.25) is 0 Å². The third-order valence-electron chi connectivity index (χ3n) is 3.26. The Morgan fingerprint density at radius 1 is 1.43 bits per heavy atom. The molecule has 0 aromatic heterocycles. The van der Waals surface area contributed by atoms with Crippen LogP contribution in [0.2, 0.25) is 0 Å². The third-order valence-corrected chi connectivity index (χ3v) is 4.14. The molecule has 1 aliphatic rings. The fourth-order valence-electron chi connectivity index (χ4n) is 1.91. The predicted molar refractivity (Wildman–Crippen MR) is 62.9 cm³/mol. The predicted octanol–water partition coefficient (Wildman–Crippen LogP) is 2.71. The monoisotopic (exact) mass is 207 g/mol. The van der Waals surface area contributed by atoms with Gasteiger partial charge in [-0.05, 0) is 43.2 Å². The van der Waals surface area contributed by atoms with E-state index in [0.717, 1.165) is 6.54 Å². The highest BCUT2D eigenvalue weighted by atomic mass is 32.2. The average molecular weight is 207 g/mol. The number of rotatable bonds is 3. The normalized spacial score (nSPS) is 18.2. The van der Waals surface area contributed by atoms with Gasteiger partial charge in [-0.3, -0.25) is 0 Å². The number of aryl methyl sites for hydroxylation is 1. The van der Waals surface area contributed by atoms with Crippen LogP contribution < -0.4 is 5.73 Å². The van der Waals surface area contributed by atoms with Crippen LogP contribution in [0.1, 0.15) is 24.0 Å². The molecule has 2 heteroatoms. The molecule has 1 saturated carbocycles. The van der Waals surface area contributed by atoms with Gasteiger partial charge in [-0.15, -0.1) is 11.8 Å². The van der Waals surface area contributed by atoms with Crippen LogP contribution in [0.4, 0.5) is 0 Å². The average Bonchev–Trinajstić information content (AvgIpc) is 2.99. The zero-order valence-electron chi connectivity index (χ0n) is 8.84. The molecule has 0 aliphatic heterocycles. The van der Waals surface area contributed by atoms with E-state index in [1.165, 1.54) is 28.9 Å². The van der Waals surface area contributed by atoms with Gasteiger partial charge in [-0.1, -0.05) is 12.1 Å². The fraction of sp³-hybridized carbons (Fsp3) is 0.500. The Morgan fingerprint density at radius 3 is 2.64 bits per heavy atom. The lowest BCUT2D eigenvalue weighted by atomic mass is 9.95. The summed E-state index contributed by atoms with van der Waals surface area (Å²) in [6.07, 6.45) is 4.66. The molecule has 2 N–H and O–H groups in total. The molecule has 0 bridgehead atoms. The molecule has 1 aromatic carbocycles. The Bertz CT molecular complexity index is 342. The smallest absolute Gasteiger partial charge is 0.0101 e. The lowest BCUT2D eigenvalue weighted by Crippen LogP contribution is -2.19. The molecule has 0 saturated heterocycles. The van der Waals surface area contributed by atoms with Gasteiger partial charge in [-0.25, -0.2) is 0 Å². The maximum absolute atomic E-state index is 5.82. The van der Waals surface area contributed by atoms with Crippen molar-refractivity contribution in [1.82, 2.24) is 0 Å². The molecule has 2 rings (SSSR count). The summed E-state index contributed by atoms with van der Waals surface area (Å²) in [6, 6.07) is 6.78. The summed E-state index contributed by atoms with van der Waals surface area (Å²) in [5, 5.41) is 0. The molecule has 1 aromatic rings. The second kappa shape index (κ2) is 3.59. The Morgan fingerprint density at radius 2 is 2.14 bits per heavy atom. The number of benzene rings is 1. The SMILES string of the molecule is CSc1cc(C2(CN)CC2)ccc1C. The molecule has 1 fully saturated rings. The van der Waals surface area contributed by atoms with E-state index in [2.05, 4.69) is 31.4 Å². The molecule has 0 unspecified atom stereocenters. The Labute approximate surface area is 90.1 Å². The molecule has 1 nitrogen and oxygen atoms in total. The minimum atomic E-state index is 0.332. The van der Waals surface area contributed by atoms with Crippen LogP contribution in [0, 0.1) is 6.92 Å². The second-order valence-electron chi connectivity index (χ2n) is 4.17. The lowest BCUT2D eigenvalue weighted by Gasteiger charge is -2.14. The summed E-state index contributed by atoms with van der Waals surface area (Å²) in [6.45, 7) is 2.96. The Hall–Kier alpha value is -0.470. The molecule has 0 atom stereocenters. The van der Waals surface area contributed by atoms with Gasteiger partial charge in [-0.2, -0.15) is 0 Å². The van der Waals surface area contributed by atoms with Crippen LogP contribution in [-0.2, 0) is 5.41 Å². The second-order valence-corrected chi connectivity index (χ2v) is 5.02. The van der Waals surface area contributed by atoms with Crippen molar-refractivity contribution in [2.45, 2.75) is 30.1 Å². The Kier molecular flexibility index (Phi) is 2.58. The first-order valence-electron chi connectivity index (χ1n) is 5.07. The van der Waals surface area contributed by atoms with Crippen LogP contribution in [-0.4, -0.2) is 12.8 Å². The van der Waals surface area contributed by atoms with Crippen LogP contribution in [0.3, 0.4) is 0 Å². The summed E-state index contributed by atoms with van der Waals surface area (Å²) in [5.74, 6) is 0. The van der Waals surface area contributed by atoms with Crippen LogP contribution in [0.15, 0.2) is 23.1 Å². The minimum Gasteiger partial charge on any atom is -0.330 e. The third kappa shape index (κ3) is 1.57. The number of hydrogen-bond acceptors (Lipinski definition) is 2. The van der Waals surface area contributed by atoms with E-state index in [1.807, 2.05) is 11.8 Å². The lowest BCUT2D eigenvalue weighted by molar-refractivity contribution is 0.702. The topological polar surface area (TPSA) is 26.0 Å². The Balaban J connectivity index is 2.36. The molecular weight excluding hydrogens is 190 g/mol. The molecule has 14 heavy (non-hydrogen) atoms. The van der Waals surface area contributed by atoms with E-state index >= 15 is 0 Å². The number of thioether (sulfide) groups is 1. The van der Waals surface area contributed by atoms with Gasteiger partial charge in [0.05, 0.1) is 0 Å². The highest BCUT2D eigenvalue weighted by molar-refractivity contribution is 7.98. The number of hydrogen-bond donors (Lipinski definition) is 1. The van der Waals surface area contributed by atoms with E-state index in [9.17, 15) is 0 Å². The quantitative estimate of drug-likeness (QED) is 0.771. The summed E-state index contributed by atoms with van der Waals surface area (Å²) in [5.41, 5.74) is 8.96. The van der Waals surface area contributed by atoms with Crippen LogP contribution in [0.25, 0.3) is 0 Å². The van der Waals surface area contributed by atoms with Crippen molar-refractivity contribution in [3.8, 4) is 0 Å². The van der Waals surface area contributed by atoms with Gasteiger partial charge in [0.25, 0.3) is 0 Å². The van der Waals surface area contributed by atoms with E-state index in [4.69, 9.17) is 5.73 Å². The molecule has 76 valence electrons. The van der Waals surface area contributed by atoms with Crippen molar-refractivity contribution in [3.05, 3.63) is 29.3 Å². The van der Waals surface area contributed by atoms with Crippen molar-refractivity contribution in [1.29, 1.82) is 0 Å². The molecule has 1 aliphatic carbocycles. The van der Waals surface area contributed by atoms with Gasteiger partial charge >= 0.3 is 0 Å².